The van der Waals surface area contributed by atoms with E-state index in [1.165, 1.54) is 18.2 Å². The number of hydrogen-bond acceptors (Lipinski definition) is 2. The van der Waals surface area contributed by atoms with Gasteiger partial charge in [0.05, 0.1) is 5.69 Å². The standard InChI is InChI=1S/C10H11BrFNO2/c11-8-4-3-7(12)6-9(8)13-10(15)2-1-5-14/h3-4,6,14H,1-2,5H2,(H,13,15). The van der Waals surface area contributed by atoms with E-state index in [2.05, 4.69) is 21.2 Å². The van der Waals surface area contributed by atoms with Gasteiger partial charge in [-0.05, 0) is 40.5 Å². The van der Waals surface area contributed by atoms with Crippen LogP contribution in [0.1, 0.15) is 12.8 Å². The number of anilines is 1. The van der Waals surface area contributed by atoms with Crippen molar-refractivity contribution < 1.29 is 14.3 Å². The fourth-order valence-electron chi connectivity index (χ4n) is 1.05. The lowest BCUT2D eigenvalue weighted by Gasteiger charge is -2.06. The second-order valence-corrected chi connectivity index (χ2v) is 3.85. The Bertz CT molecular complexity index is 357. The van der Waals surface area contributed by atoms with Gasteiger partial charge in [-0.25, -0.2) is 4.39 Å². The van der Waals surface area contributed by atoms with Crippen molar-refractivity contribution in [1.29, 1.82) is 0 Å². The van der Waals surface area contributed by atoms with Gasteiger partial charge in [-0.15, -0.1) is 0 Å². The highest BCUT2D eigenvalue weighted by atomic mass is 79.9. The molecule has 0 bridgehead atoms. The van der Waals surface area contributed by atoms with Gasteiger partial charge in [-0.2, -0.15) is 0 Å². The first-order valence-electron chi connectivity index (χ1n) is 4.49. The molecule has 3 nitrogen and oxygen atoms in total. The Morgan fingerprint density at radius 3 is 2.93 bits per heavy atom. The molecule has 0 aliphatic rings. The summed E-state index contributed by atoms with van der Waals surface area (Å²) in [7, 11) is 0. The SMILES string of the molecule is O=C(CCCO)Nc1cc(F)ccc1Br. The molecule has 0 spiro atoms. The van der Waals surface area contributed by atoms with E-state index in [1.54, 1.807) is 0 Å². The first-order valence-corrected chi connectivity index (χ1v) is 5.28. The van der Waals surface area contributed by atoms with Gasteiger partial charge in [0, 0.05) is 17.5 Å². The summed E-state index contributed by atoms with van der Waals surface area (Å²) < 4.78 is 13.5. The third-order valence-electron chi connectivity index (χ3n) is 1.76. The molecule has 0 aliphatic heterocycles. The van der Waals surface area contributed by atoms with Crippen molar-refractivity contribution in [2.24, 2.45) is 0 Å². The maximum Gasteiger partial charge on any atom is 0.224 e. The molecule has 2 N–H and O–H groups in total. The monoisotopic (exact) mass is 275 g/mol. The molecule has 1 aromatic rings. The quantitative estimate of drug-likeness (QED) is 0.886. The molecule has 1 aromatic carbocycles. The van der Waals surface area contributed by atoms with Crippen LogP contribution in [0.4, 0.5) is 10.1 Å². The summed E-state index contributed by atoms with van der Waals surface area (Å²) in [5.41, 5.74) is 0.401. The minimum absolute atomic E-state index is 0.0300. The first kappa shape index (κ1) is 12.1. The van der Waals surface area contributed by atoms with Crippen LogP contribution < -0.4 is 5.32 Å². The Kier molecular flexibility index (Phi) is 4.71. The van der Waals surface area contributed by atoms with Gasteiger partial charge in [0.2, 0.25) is 5.91 Å². The van der Waals surface area contributed by atoms with E-state index in [0.29, 0.717) is 16.6 Å². The summed E-state index contributed by atoms with van der Waals surface area (Å²) in [5.74, 6) is -0.647. The molecule has 0 heterocycles. The van der Waals surface area contributed by atoms with E-state index in [1.807, 2.05) is 0 Å². The number of carbonyl (C=O) groups excluding carboxylic acids is 1. The van der Waals surface area contributed by atoms with Gasteiger partial charge in [0.15, 0.2) is 0 Å². The fraction of sp³-hybridized carbons (Fsp3) is 0.300. The van der Waals surface area contributed by atoms with Crippen molar-refractivity contribution in [2.75, 3.05) is 11.9 Å². The number of amides is 1. The van der Waals surface area contributed by atoms with Crippen molar-refractivity contribution in [2.45, 2.75) is 12.8 Å². The van der Waals surface area contributed by atoms with Crippen molar-refractivity contribution in [3.63, 3.8) is 0 Å². The zero-order chi connectivity index (χ0) is 11.3. The molecule has 5 heteroatoms. The Morgan fingerprint density at radius 2 is 2.27 bits per heavy atom. The Morgan fingerprint density at radius 1 is 1.53 bits per heavy atom. The van der Waals surface area contributed by atoms with Gasteiger partial charge in [-0.3, -0.25) is 4.79 Å². The highest BCUT2D eigenvalue weighted by Gasteiger charge is 2.06. The number of nitrogens with one attached hydrogen (secondary N) is 1. The molecule has 0 fully saturated rings. The zero-order valence-corrected chi connectivity index (χ0v) is 9.55. The van der Waals surface area contributed by atoms with Gasteiger partial charge in [0.25, 0.3) is 0 Å². The lowest BCUT2D eigenvalue weighted by molar-refractivity contribution is -0.116. The van der Waals surface area contributed by atoms with Crippen molar-refractivity contribution in [3.8, 4) is 0 Å². The summed E-state index contributed by atoms with van der Waals surface area (Å²) in [6.45, 7) is -0.0300. The van der Waals surface area contributed by atoms with E-state index in [-0.39, 0.29) is 18.9 Å². The summed E-state index contributed by atoms with van der Waals surface area (Å²) in [4.78, 5) is 11.3. The van der Waals surface area contributed by atoms with Crippen LogP contribution in [-0.2, 0) is 4.79 Å². The van der Waals surface area contributed by atoms with E-state index >= 15 is 0 Å². The number of carbonyl (C=O) groups is 1. The average molecular weight is 276 g/mol. The average Bonchev–Trinajstić information content (AvgIpc) is 2.20. The maximum absolute atomic E-state index is 12.8. The summed E-state index contributed by atoms with van der Waals surface area (Å²) >= 11 is 3.20. The topological polar surface area (TPSA) is 49.3 Å². The van der Waals surface area contributed by atoms with E-state index in [9.17, 15) is 9.18 Å². The highest BCUT2D eigenvalue weighted by molar-refractivity contribution is 9.10. The molecule has 82 valence electrons. The van der Waals surface area contributed by atoms with Crippen LogP contribution in [0.3, 0.4) is 0 Å². The van der Waals surface area contributed by atoms with Crippen LogP contribution in [0.2, 0.25) is 0 Å². The van der Waals surface area contributed by atoms with E-state index in [0.717, 1.165) is 0 Å². The molecular formula is C10H11BrFNO2. The molecular weight excluding hydrogens is 265 g/mol. The Hall–Kier alpha value is -0.940. The van der Waals surface area contributed by atoms with Crippen LogP contribution in [0.5, 0.6) is 0 Å². The van der Waals surface area contributed by atoms with Crippen LogP contribution in [0.15, 0.2) is 22.7 Å². The van der Waals surface area contributed by atoms with Crippen LogP contribution in [0, 0.1) is 5.82 Å². The molecule has 1 rings (SSSR count). The van der Waals surface area contributed by atoms with Gasteiger partial charge < -0.3 is 10.4 Å². The molecule has 0 aromatic heterocycles. The van der Waals surface area contributed by atoms with Crippen LogP contribution in [-0.4, -0.2) is 17.6 Å². The molecule has 0 saturated carbocycles. The highest BCUT2D eigenvalue weighted by Crippen LogP contribution is 2.23. The number of aliphatic hydroxyl groups excluding tert-OH is 1. The lowest BCUT2D eigenvalue weighted by atomic mass is 10.2. The van der Waals surface area contributed by atoms with Crippen molar-refractivity contribution in [3.05, 3.63) is 28.5 Å². The summed E-state index contributed by atoms with van der Waals surface area (Å²) in [6.07, 6.45) is 0.623. The molecule has 0 radical (unpaired) electrons. The normalized spacial score (nSPS) is 10.1. The lowest BCUT2D eigenvalue weighted by Crippen LogP contribution is -2.12. The van der Waals surface area contributed by atoms with Crippen molar-refractivity contribution >= 4 is 27.5 Å². The van der Waals surface area contributed by atoms with Crippen molar-refractivity contribution in [1.82, 2.24) is 0 Å². The van der Waals surface area contributed by atoms with Gasteiger partial charge in [-0.1, -0.05) is 0 Å². The first-order chi connectivity index (χ1) is 7.13. The van der Waals surface area contributed by atoms with Crippen LogP contribution >= 0.6 is 15.9 Å². The predicted octanol–water partition coefficient (Wildman–Crippen LogP) is 2.30. The molecule has 0 aliphatic carbocycles. The third kappa shape index (κ3) is 3.97. The number of hydrogen-bond donors (Lipinski definition) is 2. The minimum atomic E-state index is -0.407. The maximum atomic E-state index is 12.8. The molecule has 1 amide bonds. The largest absolute Gasteiger partial charge is 0.396 e. The number of rotatable bonds is 4. The van der Waals surface area contributed by atoms with Crippen LogP contribution in [0.25, 0.3) is 0 Å². The molecule has 0 saturated heterocycles. The van der Waals surface area contributed by atoms with Gasteiger partial charge in [0.1, 0.15) is 5.82 Å². The van der Waals surface area contributed by atoms with E-state index < -0.39 is 5.82 Å². The predicted molar refractivity (Wildman–Crippen MR) is 59.0 cm³/mol. The molecule has 0 atom stereocenters. The third-order valence-corrected chi connectivity index (χ3v) is 2.46. The fourth-order valence-corrected chi connectivity index (χ4v) is 1.39. The Balaban J connectivity index is 2.63. The zero-order valence-electron chi connectivity index (χ0n) is 7.96. The Labute approximate surface area is 95.4 Å². The number of halogens is 2. The van der Waals surface area contributed by atoms with E-state index in [4.69, 9.17) is 5.11 Å². The summed E-state index contributed by atoms with van der Waals surface area (Å²) in [5, 5.41) is 11.1. The number of benzene rings is 1. The second-order valence-electron chi connectivity index (χ2n) is 3.00. The smallest absolute Gasteiger partial charge is 0.224 e. The second kappa shape index (κ2) is 5.82. The minimum Gasteiger partial charge on any atom is -0.396 e. The van der Waals surface area contributed by atoms with Gasteiger partial charge >= 0.3 is 0 Å². The molecule has 15 heavy (non-hydrogen) atoms. The number of aliphatic hydroxyl groups is 1. The summed E-state index contributed by atoms with van der Waals surface area (Å²) in [6, 6.07) is 4.06. The molecule has 0 unspecified atom stereocenters.